The van der Waals surface area contributed by atoms with Crippen molar-refractivity contribution < 1.29 is 19.1 Å². The summed E-state index contributed by atoms with van der Waals surface area (Å²) in [6.07, 6.45) is 0.820. The average molecular weight is 427 g/mol. The van der Waals surface area contributed by atoms with Crippen molar-refractivity contribution in [1.82, 2.24) is 10.2 Å². The van der Waals surface area contributed by atoms with Crippen LogP contribution >= 0.6 is 0 Å². The summed E-state index contributed by atoms with van der Waals surface area (Å²) < 4.78 is 11.0. The van der Waals surface area contributed by atoms with Crippen molar-refractivity contribution in [3.8, 4) is 11.5 Å². The predicted molar refractivity (Wildman–Crippen MR) is 122 cm³/mol. The molecule has 0 radical (unpaired) electrons. The lowest BCUT2D eigenvalue weighted by molar-refractivity contribution is -0.142. The molecule has 0 aliphatic rings. The normalized spacial score (nSPS) is 12.6. The number of hydrogen-bond acceptors (Lipinski definition) is 4. The lowest BCUT2D eigenvalue weighted by atomic mass is 10.1. The second kappa shape index (κ2) is 11.4. The highest BCUT2D eigenvalue weighted by Crippen LogP contribution is 2.20. The molecule has 0 unspecified atom stereocenters. The van der Waals surface area contributed by atoms with E-state index in [0.29, 0.717) is 12.3 Å². The minimum Gasteiger partial charge on any atom is -0.497 e. The van der Waals surface area contributed by atoms with Crippen molar-refractivity contribution in [1.29, 1.82) is 0 Å². The van der Waals surface area contributed by atoms with Crippen LogP contribution in [0.4, 0.5) is 0 Å². The van der Waals surface area contributed by atoms with Crippen molar-refractivity contribution in [3.63, 3.8) is 0 Å². The molecule has 0 bridgehead atoms. The van der Waals surface area contributed by atoms with Gasteiger partial charge in [0.05, 0.1) is 7.11 Å². The number of aryl methyl sites for hydroxylation is 2. The highest BCUT2D eigenvalue weighted by molar-refractivity contribution is 5.88. The Kier molecular flexibility index (Phi) is 8.91. The molecule has 0 aliphatic carbocycles. The highest BCUT2D eigenvalue weighted by atomic mass is 16.5. The zero-order valence-electron chi connectivity index (χ0n) is 19.4. The molecule has 2 aromatic carbocycles. The SMILES string of the molecule is CC[C@@H](C)NC(=O)[C@@H](C)N(Cc1ccc(OC)cc1)C(=O)COc1ccc(C)cc1C. The zero-order valence-corrected chi connectivity index (χ0v) is 19.4. The number of carbonyl (C=O) groups excluding carboxylic acids is 2. The fraction of sp³-hybridized carbons (Fsp3) is 0.440. The molecule has 2 rings (SSSR count). The molecule has 6 heteroatoms. The van der Waals surface area contributed by atoms with Gasteiger partial charge >= 0.3 is 0 Å². The van der Waals surface area contributed by atoms with E-state index in [4.69, 9.17) is 9.47 Å². The van der Waals surface area contributed by atoms with Gasteiger partial charge in [-0.15, -0.1) is 0 Å². The van der Waals surface area contributed by atoms with Gasteiger partial charge in [-0.05, 0) is 63.4 Å². The molecular formula is C25H34N2O4. The number of benzene rings is 2. The number of nitrogens with zero attached hydrogens (tertiary/aromatic N) is 1. The van der Waals surface area contributed by atoms with E-state index in [-0.39, 0.29) is 24.5 Å². The van der Waals surface area contributed by atoms with E-state index < -0.39 is 6.04 Å². The van der Waals surface area contributed by atoms with Crippen molar-refractivity contribution in [3.05, 3.63) is 59.2 Å². The predicted octanol–water partition coefficient (Wildman–Crippen LogP) is 4.02. The van der Waals surface area contributed by atoms with E-state index in [0.717, 1.165) is 28.9 Å². The Morgan fingerprint density at radius 2 is 1.74 bits per heavy atom. The Hall–Kier alpha value is -3.02. The summed E-state index contributed by atoms with van der Waals surface area (Å²) in [6.45, 7) is 9.82. The lowest BCUT2D eigenvalue weighted by Crippen LogP contribution is -2.50. The Labute approximate surface area is 185 Å². The number of ether oxygens (including phenoxy) is 2. The van der Waals surface area contributed by atoms with Crippen LogP contribution in [-0.4, -0.2) is 42.5 Å². The second-order valence-electron chi connectivity index (χ2n) is 7.92. The van der Waals surface area contributed by atoms with Crippen molar-refractivity contribution in [2.24, 2.45) is 0 Å². The number of carbonyl (C=O) groups is 2. The van der Waals surface area contributed by atoms with Crippen LogP contribution in [-0.2, 0) is 16.1 Å². The van der Waals surface area contributed by atoms with E-state index in [9.17, 15) is 9.59 Å². The minimum absolute atomic E-state index is 0.0411. The summed E-state index contributed by atoms with van der Waals surface area (Å²) in [7, 11) is 1.61. The first-order chi connectivity index (χ1) is 14.7. The molecule has 0 fully saturated rings. The van der Waals surface area contributed by atoms with Crippen molar-refractivity contribution >= 4 is 11.8 Å². The van der Waals surface area contributed by atoms with Gasteiger partial charge in [0, 0.05) is 12.6 Å². The Balaban J connectivity index is 2.17. The van der Waals surface area contributed by atoms with Crippen LogP contribution in [0.3, 0.4) is 0 Å². The van der Waals surface area contributed by atoms with Crippen LogP contribution in [0.15, 0.2) is 42.5 Å². The van der Waals surface area contributed by atoms with Gasteiger partial charge in [-0.3, -0.25) is 9.59 Å². The third kappa shape index (κ3) is 7.02. The molecule has 0 spiro atoms. The van der Waals surface area contributed by atoms with Gasteiger partial charge < -0.3 is 19.7 Å². The van der Waals surface area contributed by atoms with Crippen LogP contribution in [0.1, 0.15) is 43.9 Å². The molecule has 31 heavy (non-hydrogen) atoms. The molecule has 1 N–H and O–H groups in total. The molecule has 0 saturated carbocycles. The number of amides is 2. The molecule has 0 heterocycles. The van der Waals surface area contributed by atoms with Gasteiger partial charge in [0.1, 0.15) is 17.5 Å². The van der Waals surface area contributed by atoms with Crippen molar-refractivity contribution in [2.75, 3.05) is 13.7 Å². The van der Waals surface area contributed by atoms with Gasteiger partial charge in [0.2, 0.25) is 5.91 Å². The molecule has 2 atom stereocenters. The van der Waals surface area contributed by atoms with Gasteiger partial charge in [-0.2, -0.15) is 0 Å². The Morgan fingerprint density at radius 3 is 2.32 bits per heavy atom. The fourth-order valence-corrected chi connectivity index (χ4v) is 3.16. The van der Waals surface area contributed by atoms with E-state index >= 15 is 0 Å². The number of hydrogen-bond donors (Lipinski definition) is 1. The standard InChI is InChI=1S/C25H34N2O4/c1-7-19(4)26-25(29)20(5)27(15-21-9-11-22(30-6)12-10-21)24(28)16-31-23-13-8-17(2)14-18(23)3/h8-14,19-20H,7,15-16H2,1-6H3,(H,26,29)/t19-,20-/m1/s1. The van der Waals surface area contributed by atoms with E-state index in [2.05, 4.69) is 5.32 Å². The smallest absolute Gasteiger partial charge is 0.261 e. The summed E-state index contributed by atoms with van der Waals surface area (Å²) in [5.74, 6) is 0.979. The molecule has 0 aromatic heterocycles. The molecular weight excluding hydrogens is 392 g/mol. The summed E-state index contributed by atoms with van der Waals surface area (Å²) >= 11 is 0. The maximum absolute atomic E-state index is 13.1. The Morgan fingerprint density at radius 1 is 1.06 bits per heavy atom. The second-order valence-corrected chi connectivity index (χ2v) is 7.92. The van der Waals surface area contributed by atoms with Crippen LogP contribution < -0.4 is 14.8 Å². The molecule has 0 saturated heterocycles. The first-order valence-electron chi connectivity index (χ1n) is 10.7. The Bertz CT molecular complexity index is 880. The topological polar surface area (TPSA) is 67.9 Å². The average Bonchev–Trinajstić information content (AvgIpc) is 2.76. The lowest BCUT2D eigenvalue weighted by Gasteiger charge is -2.29. The largest absolute Gasteiger partial charge is 0.497 e. The molecule has 6 nitrogen and oxygen atoms in total. The minimum atomic E-state index is -0.633. The number of methoxy groups -OCH3 is 1. The van der Waals surface area contributed by atoms with Crippen LogP contribution in [0.5, 0.6) is 11.5 Å². The summed E-state index contributed by atoms with van der Waals surface area (Å²) in [5.41, 5.74) is 3.01. The van der Waals surface area contributed by atoms with Gasteiger partial charge in [-0.25, -0.2) is 0 Å². The van der Waals surface area contributed by atoms with E-state index in [1.54, 1.807) is 18.9 Å². The third-order valence-electron chi connectivity index (χ3n) is 5.36. The van der Waals surface area contributed by atoms with Crippen LogP contribution in [0.2, 0.25) is 0 Å². The summed E-state index contributed by atoms with van der Waals surface area (Å²) in [4.78, 5) is 27.4. The molecule has 2 amide bonds. The first-order valence-corrected chi connectivity index (χ1v) is 10.7. The van der Waals surface area contributed by atoms with E-state index in [1.165, 1.54) is 0 Å². The quantitative estimate of drug-likeness (QED) is 0.623. The van der Waals surface area contributed by atoms with Crippen LogP contribution in [0, 0.1) is 13.8 Å². The van der Waals surface area contributed by atoms with Gasteiger partial charge in [0.15, 0.2) is 6.61 Å². The van der Waals surface area contributed by atoms with Crippen molar-refractivity contribution in [2.45, 2.75) is 59.7 Å². The molecule has 168 valence electrons. The van der Waals surface area contributed by atoms with Gasteiger partial charge in [-0.1, -0.05) is 36.8 Å². The zero-order chi connectivity index (χ0) is 23.0. The van der Waals surface area contributed by atoms with Gasteiger partial charge in [0.25, 0.3) is 5.91 Å². The maximum Gasteiger partial charge on any atom is 0.261 e. The highest BCUT2D eigenvalue weighted by Gasteiger charge is 2.27. The molecule has 0 aliphatic heterocycles. The monoisotopic (exact) mass is 426 g/mol. The summed E-state index contributed by atoms with van der Waals surface area (Å²) in [5, 5.41) is 2.96. The van der Waals surface area contributed by atoms with E-state index in [1.807, 2.05) is 70.2 Å². The summed E-state index contributed by atoms with van der Waals surface area (Å²) in [6, 6.07) is 12.7. The number of nitrogens with one attached hydrogen (secondary N) is 1. The first kappa shape index (κ1) is 24.3. The fourth-order valence-electron chi connectivity index (χ4n) is 3.16. The third-order valence-corrected chi connectivity index (χ3v) is 5.36. The number of rotatable bonds is 10. The molecule has 2 aromatic rings. The van der Waals surface area contributed by atoms with Crippen LogP contribution in [0.25, 0.3) is 0 Å². The maximum atomic E-state index is 13.1.